The van der Waals surface area contributed by atoms with Gasteiger partial charge in [0, 0.05) is 34.5 Å². The highest BCUT2D eigenvalue weighted by atomic mass is 16.5. The summed E-state index contributed by atoms with van der Waals surface area (Å²) in [7, 11) is 0. The minimum atomic E-state index is -0.229. The van der Waals surface area contributed by atoms with E-state index >= 15 is 0 Å². The lowest BCUT2D eigenvalue weighted by atomic mass is 9.78. The van der Waals surface area contributed by atoms with Gasteiger partial charge in [0.2, 0.25) is 0 Å². The smallest absolute Gasteiger partial charge is 0.255 e. The van der Waals surface area contributed by atoms with E-state index in [9.17, 15) is 0 Å². The lowest BCUT2D eigenvalue weighted by molar-refractivity contribution is -0.567. The van der Waals surface area contributed by atoms with Gasteiger partial charge in [-0.25, -0.2) is 4.98 Å². The first-order valence-corrected chi connectivity index (χ1v) is 22.3. The Labute approximate surface area is 376 Å². The van der Waals surface area contributed by atoms with Gasteiger partial charge >= 0.3 is 0 Å². The molecule has 0 saturated heterocycles. The third kappa shape index (κ3) is 7.45. The van der Waals surface area contributed by atoms with E-state index in [1.54, 1.807) is 0 Å². The number of aromatic nitrogens is 4. The zero-order valence-corrected chi connectivity index (χ0v) is 38.1. The Morgan fingerprint density at radius 2 is 1.16 bits per heavy atom. The zero-order valence-electron chi connectivity index (χ0n) is 38.1. The summed E-state index contributed by atoms with van der Waals surface area (Å²) < 4.78 is 13.7. The van der Waals surface area contributed by atoms with Crippen molar-refractivity contribution < 1.29 is 9.30 Å². The van der Waals surface area contributed by atoms with E-state index in [1.165, 1.54) is 33.4 Å². The average Bonchev–Trinajstić information content (AvgIpc) is 3.85. The molecule has 0 spiro atoms. The van der Waals surface area contributed by atoms with Gasteiger partial charge in [-0.2, -0.15) is 9.13 Å². The molecule has 5 heteroatoms. The fourth-order valence-corrected chi connectivity index (χ4v) is 9.04. The first-order valence-electron chi connectivity index (χ1n) is 22.3. The van der Waals surface area contributed by atoms with Gasteiger partial charge in [-0.15, -0.1) is 0 Å². The molecule has 7 aromatic carbocycles. The predicted molar refractivity (Wildman–Crippen MR) is 265 cm³/mol. The van der Waals surface area contributed by atoms with Crippen molar-refractivity contribution in [3.63, 3.8) is 0 Å². The molecular weight excluding hydrogens is 781 g/mol. The summed E-state index contributed by atoms with van der Waals surface area (Å²) in [6.07, 6.45) is 4.16. The van der Waals surface area contributed by atoms with Crippen molar-refractivity contribution in [1.29, 1.82) is 0 Å². The van der Waals surface area contributed by atoms with Crippen molar-refractivity contribution in [3.05, 3.63) is 211 Å². The Hall–Kier alpha value is -7.24. The number of imidazole rings is 1. The molecule has 0 radical (unpaired) electrons. The Morgan fingerprint density at radius 1 is 0.469 bits per heavy atom. The number of nitrogens with zero attached hydrogens (tertiary/aromatic N) is 4. The van der Waals surface area contributed by atoms with Crippen LogP contribution >= 0.6 is 0 Å². The van der Waals surface area contributed by atoms with Crippen LogP contribution in [0.5, 0.6) is 11.5 Å². The van der Waals surface area contributed by atoms with Crippen LogP contribution in [0.2, 0.25) is 0 Å². The second kappa shape index (κ2) is 15.5. The van der Waals surface area contributed by atoms with E-state index in [4.69, 9.17) is 9.72 Å². The Kier molecular flexibility index (Phi) is 9.90. The maximum absolute atomic E-state index is 6.82. The second-order valence-electron chi connectivity index (χ2n) is 19.7. The van der Waals surface area contributed by atoms with Crippen molar-refractivity contribution >= 4 is 32.8 Å². The number of pyridine rings is 1. The van der Waals surface area contributed by atoms with Crippen LogP contribution in [-0.4, -0.2) is 14.1 Å². The molecule has 64 heavy (non-hydrogen) atoms. The Bertz CT molecular complexity index is 3310. The molecule has 0 aliphatic carbocycles. The van der Waals surface area contributed by atoms with Crippen LogP contribution in [0.3, 0.4) is 0 Å². The van der Waals surface area contributed by atoms with E-state index in [1.807, 2.05) is 12.3 Å². The third-order valence-corrected chi connectivity index (χ3v) is 12.9. The molecule has 10 rings (SSSR count). The van der Waals surface area contributed by atoms with E-state index in [2.05, 4.69) is 245 Å². The van der Waals surface area contributed by atoms with Gasteiger partial charge in [-0.3, -0.25) is 4.57 Å². The van der Waals surface area contributed by atoms with E-state index in [0.717, 1.165) is 61.5 Å². The van der Waals surface area contributed by atoms with Gasteiger partial charge in [0.05, 0.1) is 11.0 Å². The van der Waals surface area contributed by atoms with Gasteiger partial charge in [-0.05, 0) is 117 Å². The first kappa shape index (κ1) is 40.8. The highest BCUT2D eigenvalue weighted by Crippen LogP contribution is 2.39. The summed E-state index contributed by atoms with van der Waals surface area (Å²) in [4.78, 5) is 5.03. The van der Waals surface area contributed by atoms with Gasteiger partial charge in [0.15, 0.2) is 11.0 Å². The number of hydrogen-bond acceptors (Lipinski definition) is 2. The van der Waals surface area contributed by atoms with Crippen molar-refractivity contribution in [2.75, 3.05) is 0 Å². The summed E-state index contributed by atoms with van der Waals surface area (Å²) in [5.74, 6) is 2.37. The van der Waals surface area contributed by atoms with Crippen molar-refractivity contribution in [2.24, 2.45) is 0 Å². The molecule has 316 valence electrons. The van der Waals surface area contributed by atoms with Crippen LogP contribution in [-0.2, 0) is 16.2 Å². The molecule has 0 aliphatic heterocycles. The van der Waals surface area contributed by atoms with Gasteiger partial charge in [0.1, 0.15) is 28.7 Å². The molecule has 10 aromatic rings. The maximum Gasteiger partial charge on any atom is 0.255 e. The molecule has 0 aliphatic rings. The van der Waals surface area contributed by atoms with Gasteiger partial charge in [-0.1, -0.05) is 146 Å². The molecule has 0 unspecified atom stereocenters. The lowest BCUT2D eigenvalue weighted by Gasteiger charge is -2.26. The van der Waals surface area contributed by atoms with Crippen LogP contribution in [0, 0.1) is 0 Å². The molecule has 5 nitrogen and oxygen atoms in total. The number of hydrogen-bond donors (Lipinski definition) is 0. The fraction of sp³-hybridized carbons (Fsp3) is 0.186. The Morgan fingerprint density at radius 3 is 1.89 bits per heavy atom. The SMILES string of the molecule is CC(C)(C)c1cc(-[n+]2cn(-c3cccc(Oc4ccc5c6cc(-c7ccccc7)ccc6n(-c6cc(C(C)(C)c7ccccc7)ccn6)c5c4)c3)c3ccccc32)cc(C(C)(C)C)c1. The quantitative estimate of drug-likeness (QED) is 0.143. The minimum Gasteiger partial charge on any atom is -0.457 e. The van der Waals surface area contributed by atoms with Crippen LogP contribution in [0.25, 0.3) is 61.2 Å². The van der Waals surface area contributed by atoms with Crippen molar-refractivity contribution in [2.45, 2.75) is 71.6 Å². The highest BCUT2D eigenvalue weighted by molar-refractivity contribution is 6.10. The molecule has 0 N–H and O–H groups in total. The molecule has 0 atom stereocenters. The van der Waals surface area contributed by atoms with Crippen LogP contribution < -0.4 is 9.30 Å². The normalized spacial score (nSPS) is 12.4. The number of rotatable bonds is 8. The monoisotopic (exact) mass is 835 g/mol. The average molecular weight is 836 g/mol. The van der Waals surface area contributed by atoms with Crippen LogP contribution in [0.1, 0.15) is 77.6 Å². The highest BCUT2D eigenvalue weighted by Gasteiger charge is 2.27. The number of ether oxygens (including phenoxy) is 1. The summed E-state index contributed by atoms with van der Waals surface area (Å²) >= 11 is 0. The molecule has 0 saturated carbocycles. The molecule has 0 bridgehead atoms. The first-order chi connectivity index (χ1) is 30.7. The minimum absolute atomic E-state index is 0.00290. The van der Waals surface area contributed by atoms with Gasteiger partial charge < -0.3 is 4.74 Å². The van der Waals surface area contributed by atoms with Crippen molar-refractivity contribution in [1.82, 2.24) is 14.1 Å². The van der Waals surface area contributed by atoms with E-state index in [0.29, 0.717) is 0 Å². The standard InChI is InChI=1S/C59H55N4O/c1-57(2,3)44-33-45(58(4,5)6)35-47(34-44)62-39-61(53-24-15-16-25-54(53)62)46-22-17-23-48(37-46)64-49-27-28-50-51-32-41(40-18-11-9-12-19-40)26-29-52(51)63(55(50)38-49)56-36-43(30-31-60-56)59(7,8)42-20-13-10-14-21-42/h9-39H,1-8H3/q+1. The molecule has 3 heterocycles. The molecular formula is C59H55N4O+. The second-order valence-corrected chi connectivity index (χ2v) is 19.7. The lowest BCUT2D eigenvalue weighted by Crippen LogP contribution is -2.31. The van der Waals surface area contributed by atoms with Crippen LogP contribution in [0.15, 0.2) is 188 Å². The molecule has 0 amide bonds. The maximum atomic E-state index is 6.82. The zero-order chi connectivity index (χ0) is 44.4. The fourth-order valence-electron chi connectivity index (χ4n) is 9.04. The summed E-state index contributed by atoms with van der Waals surface area (Å²) in [5.41, 5.74) is 13.8. The topological polar surface area (TPSA) is 35.9 Å². The van der Waals surface area contributed by atoms with Gasteiger partial charge in [0.25, 0.3) is 6.33 Å². The summed E-state index contributed by atoms with van der Waals surface area (Å²) in [5, 5.41) is 2.30. The van der Waals surface area contributed by atoms with E-state index in [-0.39, 0.29) is 16.2 Å². The number of benzene rings is 7. The summed E-state index contributed by atoms with van der Waals surface area (Å²) in [6.45, 7) is 18.3. The van der Waals surface area contributed by atoms with Crippen molar-refractivity contribution in [3.8, 4) is 39.8 Å². The molecule has 3 aromatic heterocycles. The third-order valence-electron chi connectivity index (χ3n) is 12.9. The van der Waals surface area contributed by atoms with E-state index < -0.39 is 0 Å². The summed E-state index contributed by atoms with van der Waals surface area (Å²) in [6, 6.07) is 63.0. The number of para-hydroxylation sites is 2. The predicted octanol–water partition coefficient (Wildman–Crippen LogP) is 14.8. The molecule has 0 fully saturated rings. The van der Waals surface area contributed by atoms with Crippen LogP contribution in [0.4, 0.5) is 0 Å². The number of fused-ring (bicyclic) bond motifs is 4. The Balaban J connectivity index is 1.07. The largest absolute Gasteiger partial charge is 0.457 e.